The number of aryl methyl sites for hydroxylation is 3. The van der Waals surface area contributed by atoms with Crippen LogP contribution in [0.2, 0.25) is 5.02 Å². The number of carbonyl (C=O) groups is 1. The van der Waals surface area contributed by atoms with Crippen molar-refractivity contribution in [2.75, 3.05) is 0 Å². The molecule has 1 atom stereocenters. The van der Waals surface area contributed by atoms with Gasteiger partial charge in [0.2, 0.25) is 0 Å². The second-order valence-electron chi connectivity index (χ2n) is 9.38. The number of aliphatic carboxylic acids is 1. The van der Waals surface area contributed by atoms with E-state index in [2.05, 4.69) is 5.10 Å². The van der Waals surface area contributed by atoms with E-state index in [9.17, 15) is 9.90 Å². The van der Waals surface area contributed by atoms with E-state index in [0.717, 1.165) is 17.0 Å². The summed E-state index contributed by atoms with van der Waals surface area (Å²) in [6, 6.07) is 7.29. The van der Waals surface area contributed by atoms with Crippen LogP contribution in [0.15, 0.2) is 36.7 Å². The lowest BCUT2D eigenvalue weighted by molar-refractivity contribution is -0.160. The molecule has 4 aromatic rings. The largest absolute Gasteiger partial charge is 0.479 e. The highest BCUT2D eigenvalue weighted by Crippen LogP contribution is 2.39. The minimum atomic E-state index is -1.22. The van der Waals surface area contributed by atoms with Crippen molar-refractivity contribution < 1.29 is 14.6 Å². The van der Waals surface area contributed by atoms with Crippen molar-refractivity contribution in [3.8, 4) is 11.1 Å². The summed E-state index contributed by atoms with van der Waals surface area (Å²) < 4.78 is 9.79. The summed E-state index contributed by atoms with van der Waals surface area (Å²) in [4.78, 5) is 22.1. The molecule has 0 amide bonds. The monoisotopic (exact) mass is 481 g/mol. The minimum Gasteiger partial charge on any atom is -0.479 e. The Hall–Kier alpha value is -3.23. The molecule has 0 fully saturated rings. The van der Waals surface area contributed by atoms with Gasteiger partial charge in [-0.15, -0.1) is 0 Å². The van der Waals surface area contributed by atoms with E-state index in [1.54, 1.807) is 16.8 Å². The van der Waals surface area contributed by atoms with Crippen LogP contribution in [0, 0.1) is 13.8 Å². The first-order valence-corrected chi connectivity index (χ1v) is 11.3. The maximum atomic E-state index is 12.4. The molecule has 9 heteroatoms. The number of carboxylic acids is 1. The van der Waals surface area contributed by atoms with Crippen LogP contribution in [-0.4, -0.2) is 41.0 Å². The summed E-state index contributed by atoms with van der Waals surface area (Å²) in [5, 5.41) is 15.0. The molecule has 0 unspecified atom stereocenters. The van der Waals surface area contributed by atoms with E-state index >= 15 is 0 Å². The molecule has 0 aliphatic carbocycles. The van der Waals surface area contributed by atoms with Gasteiger partial charge in [-0.25, -0.2) is 14.8 Å². The van der Waals surface area contributed by atoms with Gasteiger partial charge in [0.05, 0.1) is 18.3 Å². The summed E-state index contributed by atoms with van der Waals surface area (Å²) in [7, 11) is 1.87. The fourth-order valence-electron chi connectivity index (χ4n) is 4.10. The van der Waals surface area contributed by atoms with Gasteiger partial charge < -0.3 is 14.4 Å². The van der Waals surface area contributed by atoms with Crippen molar-refractivity contribution in [3.63, 3.8) is 0 Å². The Morgan fingerprint density at radius 3 is 2.41 bits per heavy atom. The zero-order valence-electron chi connectivity index (χ0n) is 20.1. The highest BCUT2D eigenvalue weighted by atomic mass is 35.5. The molecule has 0 radical (unpaired) electrons. The third-order valence-corrected chi connectivity index (χ3v) is 5.74. The van der Waals surface area contributed by atoms with Gasteiger partial charge in [-0.2, -0.15) is 5.10 Å². The molecular weight excluding hydrogens is 454 g/mol. The second kappa shape index (κ2) is 8.85. The summed E-state index contributed by atoms with van der Waals surface area (Å²) in [5.41, 5.74) is 4.16. The van der Waals surface area contributed by atoms with Crippen LogP contribution in [0.1, 0.15) is 49.5 Å². The smallest absolute Gasteiger partial charge is 0.337 e. The predicted molar refractivity (Wildman–Crippen MR) is 131 cm³/mol. The maximum absolute atomic E-state index is 12.4. The second-order valence-corrected chi connectivity index (χ2v) is 9.82. The number of imidazole rings is 1. The van der Waals surface area contributed by atoms with Crippen LogP contribution >= 0.6 is 11.6 Å². The molecule has 8 nitrogen and oxygen atoms in total. The molecule has 0 saturated heterocycles. The number of carboxylic acid groups (broad SMARTS) is 1. The van der Waals surface area contributed by atoms with Crippen LogP contribution in [0.5, 0.6) is 0 Å². The van der Waals surface area contributed by atoms with Crippen molar-refractivity contribution in [3.05, 3.63) is 64.3 Å². The summed E-state index contributed by atoms with van der Waals surface area (Å²) in [6.07, 6.45) is 2.54. The summed E-state index contributed by atoms with van der Waals surface area (Å²) in [5.74, 6) is -0.317. The minimum absolute atomic E-state index is 0.489. The molecular formula is C25H28ClN5O3. The van der Waals surface area contributed by atoms with Gasteiger partial charge in [-0.3, -0.25) is 4.68 Å². The fourth-order valence-corrected chi connectivity index (χ4v) is 4.23. The quantitative estimate of drug-likeness (QED) is 0.412. The molecule has 0 spiro atoms. The molecule has 3 heterocycles. The number of ether oxygens (including phenoxy) is 1. The van der Waals surface area contributed by atoms with Gasteiger partial charge in [0.1, 0.15) is 11.3 Å². The SMILES string of the molecule is Cc1nc2c(nc(C)n2Cc2cnn(C)c2)c(-c2ccc(Cl)cc2)c1[C@H](OC(C)(C)C)C(=O)O. The van der Waals surface area contributed by atoms with Gasteiger partial charge in [0.15, 0.2) is 11.8 Å². The van der Waals surface area contributed by atoms with Crippen LogP contribution in [0.4, 0.5) is 0 Å². The third kappa shape index (κ3) is 4.69. The van der Waals surface area contributed by atoms with Gasteiger partial charge in [-0.05, 0) is 52.3 Å². The Bertz CT molecular complexity index is 1370. The zero-order chi connectivity index (χ0) is 24.8. The van der Waals surface area contributed by atoms with Crippen molar-refractivity contribution in [1.29, 1.82) is 0 Å². The van der Waals surface area contributed by atoms with Gasteiger partial charge in [-0.1, -0.05) is 23.7 Å². The number of hydrogen-bond donors (Lipinski definition) is 1. The van der Waals surface area contributed by atoms with Crippen molar-refractivity contribution in [2.24, 2.45) is 7.05 Å². The molecule has 0 bridgehead atoms. The number of aromatic nitrogens is 5. The summed E-state index contributed by atoms with van der Waals surface area (Å²) in [6.45, 7) is 9.77. The zero-order valence-corrected chi connectivity index (χ0v) is 20.9. The molecule has 3 aromatic heterocycles. The predicted octanol–water partition coefficient (Wildman–Crippen LogP) is 5.09. The molecule has 0 aliphatic heterocycles. The first-order valence-electron chi connectivity index (χ1n) is 11.0. The van der Waals surface area contributed by atoms with Crippen LogP contribution in [0.3, 0.4) is 0 Å². The lowest BCUT2D eigenvalue weighted by Gasteiger charge is -2.27. The normalized spacial score (nSPS) is 12.9. The van der Waals surface area contributed by atoms with E-state index in [1.807, 2.05) is 70.8 Å². The van der Waals surface area contributed by atoms with Crippen molar-refractivity contribution in [1.82, 2.24) is 24.3 Å². The molecule has 0 saturated carbocycles. The average molecular weight is 482 g/mol. The van der Waals surface area contributed by atoms with Crippen LogP contribution in [0.25, 0.3) is 22.3 Å². The fraction of sp³-hybridized carbons (Fsp3) is 0.360. The van der Waals surface area contributed by atoms with E-state index in [4.69, 9.17) is 26.3 Å². The van der Waals surface area contributed by atoms with E-state index < -0.39 is 17.7 Å². The van der Waals surface area contributed by atoms with Crippen molar-refractivity contribution in [2.45, 2.75) is 52.9 Å². The topological polar surface area (TPSA) is 95.1 Å². The molecule has 1 aromatic carbocycles. The Morgan fingerprint density at radius 2 is 1.85 bits per heavy atom. The molecule has 0 aliphatic rings. The lowest BCUT2D eigenvalue weighted by atomic mass is 9.93. The first kappa shape index (κ1) is 23.9. The maximum Gasteiger partial charge on any atom is 0.337 e. The number of hydrogen-bond acceptors (Lipinski definition) is 5. The number of fused-ring (bicyclic) bond motifs is 1. The number of rotatable bonds is 6. The van der Waals surface area contributed by atoms with E-state index in [-0.39, 0.29) is 0 Å². The van der Waals surface area contributed by atoms with Gasteiger partial charge in [0, 0.05) is 40.7 Å². The average Bonchev–Trinajstić information content (AvgIpc) is 3.28. The first-order chi connectivity index (χ1) is 15.9. The van der Waals surface area contributed by atoms with Gasteiger partial charge in [0.25, 0.3) is 0 Å². The molecule has 178 valence electrons. The molecule has 34 heavy (non-hydrogen) atoms. The van der Waals surface area contributed by atoms with Crippen LogP contribution < -0.4 is 0 Å². The number of halogens is 1. The number of pyridine rings is 1. The Labute approximate surface area is 203 Å². The number of benzene rings is 1. The standard InChI is InChI=1S/C25H28ClN5O3/c1-14-19(22(24(32)33)34-25(3,4)5)20(17-7-9-18(26)10-8-17)21-23(28-14)31(15(2)29-21)13-16-11-27-30(6)12-16/h7-12,22H,13H2,1-6H3,(H,32,33)/t22-/m0/s1. The third-order valence-electron chi connectivity index (χ3n) is 5.49. The Kier molecular flexibility index (Phi) is 6.22. The van der Waals surface area contributed by atoms with E-state index in [0.29, 0.717) is 39.6 Å². The lowest BCUT2D eigenvalue weighted by Crippen LogP contribution is -2.28. The van der Waals surface area contributed by atoms with Crippen molar-refractivity contribution >= 4 is 28.7 Å². The molecule has 1 N–H and O–H groups in total. The molecule has 4 rings (SSSR count). The highest BCUT2D eigenvalue weighted by Gasteiger charge is 2.33. The van der Waals surface area contributed by atoms with Crippen LogP contribution in [-0.2, 0) is 23.1 Å². The Morgan fingerprint density at radius 1 is 1.18 bits per heavy atom. The number of nitrogens with zero attached hydrogens (tertiary/aromatic N) is 5. The summed E-state index contributed by atoms with van der Waals surface area (Å²) >= 11 is 6.15. The van der Waals surface area contributed by atoms with E-state index in [1.165, 1.54) is 0 Å². The Balaban J connectivity index is 2.02. The highest BCUT2D eigenvalue weighted by molar-refractivity contribution is 6.30. The van der Waals surface area contributed by atoms with Gasteiger partial charge >= 0.3 is 5.97 Å².